The first kappa shape index (κ1) is 18.5. The van der Waals surface area contributed by atoms with Crippen molar-refractivity contribution in [1.29, 1.82) is 0 Å². The van der Waals surface area contributed by atoms with Gasteiger partial charge in [-0.15, -0.1) is 0 Å². The van der Waals surface area contributed by atoms with E-state index in [2.05, 4.69) is 16.0 Å². The van der Waals surface area contributed by atoms with Gasteiger partial charge in [-0.2, -0.15) is 0 Å². The zero-order chi connectivity index (χ0) is 17.9. The molecule has 0 saturated carbocycles. The van der Waals surface area contributed by atoms with E-state index in [1.807, 2.05) is 27.7 Å². The molecule has 24 heavy (non-hydrogen) atoms. The molecule has 1 unspecified atom stereocenters. The molecule has 0 aromatic heterocycles. The first-order chi connectivity index (χ1) is 11.2. The van der Waals surface area contributed by atoms with Crippen molar-refractivity contribution in [1.82, 2.24) is 15.5 Å². The van der Waals surface area contributed by atoms with Crippen molar-refractivity contribution in [3.05, 3.63) is 28.8 Å². The number of anilines is 1. The first-order valence-corrected chi connectivity index (χ1v) is 8.45. The van der Waals surface area contributed by atoms with Gasteiger partial charge in [0.2, 0.25) is 0 Å². The van der Waals surface area contributed by atoms with Crippen LogP contribution >= 0.6 is 11.6 Å². The number of hydrogen-bond acceptors (Lipinski definition) is 3. The number of urea groups is 1. The Hall–Kier alpha value is -1.79. The molecule has 1 aliphatic rings. The van der Waals surface area contributed by atoms with Crippen molar-refractivity contribution in [3.8, 4) is 0 Å². The third-order valence-corrected chi connectivity index (χ3v) is 3.93. The minimum atomic E-state index is -0.341. The lowest BCUT2D eigenvalue weighted by Crippen LogP contribution is -2.51. The largest absolute Gasteiger partial charge is 0.336 e. The smallest absolute Gasteiger partial charge is 0.319 e. The highest BCUT2D eigenvalue weighted by atomic mass is 35.5. The summed E-state index contributed by atoms with van der Waals surface area (Å²) in [5.74, 6) is -0.117. The van der Waals surface area contributed by atoms with Gasteiger partial charge in [0.15, 0.2) is 0 Å². The van der Waals surface area contributed by atoms with E-state index in [9.17, 15) is 9.59 Å². The molecule has 7 heteroatoms. The van der Waals surface area contributed by atoms with E-state index in [-0.39, 0.29) is 23.5 Å². The highest BCUT2D eigenvalue weighted by molar-refractivity contribution is 6.34. The molecule has 0 radical (unpaired) electrons. The van der Waals surface area contributed by atoms with Crippen LogP contribution < -0.4 is 16.0 Å². The Kier molecular flexibility index (Phi) is 5.72. The SMILES string of the molecule is CC1CN(C(=O)c2cc(NC(=O)NC(C)(C)C)ccc2Cl)CCN1. The summed E-state index contributed by atoms with van der Waals surface area (Å²) >= 11 is 6.20. The quantitative estimate of drug-likeness (QED) is 0.766. The van der Waals surface area contributed by atoms with Gasteiger partial charge >= 0.3 is 6.03 Å². The predicted octanol–water partition coefficient (Wildman–Crippen LogP) is 2.69. The summed E-state index contributed by atoms with van der Waals surface area (Å²) in [4.78, 5) is 26.5. The lowest BCUT2D eigenvalue weighted by Gasteiger charge is -2.32. The van der Waals surface area contributed by atoms with E-state index < -0.39 is 0 Å². The van der Waals surface area contributed by atoms with Gasteiger partial charge in [0.05, 0.1) is 10.6 Å². The third kappa shape index (κ3) is 5.11. The summed E-state index contributed by atoms with van der Waals surface area (Å²) in [6.07, 6.45) is 0. The number of halogens is 1. The summed E-state index contributed by atoms with van der Waals surface area (Å²) < 4.78 is 0. The Bertz CT molecular complexity index is 628. The number of hydrogen-bond donors (Lipinski definition) is 3. The molecular weight excluding hydrogens is 328 g/mol. The van der Waals surface area contributed by atoms with Gasteiger partial charge in [-0.3, -0.25) is 4.79 Å². The van der Waals surface area contributed by atoms with Crippen molar-refractivity contribution >= 4 is 29.2 Å². The Morgan fingerprint density at radius 3 is 2.67 bits per heavy atom. The number of nitrogens with one attached hydrogen (secondary N) is 3. The number of carbonyl (C=O) groups is 2. The second kappa shape index (κ2) is 7.40. The van der Waals surface area contributed by atoms with Gasteiger partial charge in [-0.25, -0.2) is 4.79 Å². The van der Waals surface area contributed by atoms with Crippen molar-refractivity contribution in [2.75, 3.05) is 25.0 Å². The number of rotatable bonds is 2. The molecule has 3 amide bonds. The molecule has 1 heterocycles. The lowest BCUT2D eigenvalue weighted by atomic mass is 10.1. The van der Waals surface area contributed by atoms with Gasteiger partial charge in [0.25, 0.3) is 5.91 Å². The normalized spacial score (nSPS) is 18.2. The Morgan fingerprint density at radius 2 is 2.04 bits per heavy atom. The minimum Gasteiger partial charge on any atom is -0.336 e. The Balaban J connectivity index is 2.13. The fraction of sp³-hybridized carbons (Fsp3) is 0.529. The highest BCUT2D eigenvalue weighted by Gasteiger charge is 2.24. The molecule has 1 aliphatic heterocycles. The van der Waals surface area contributed by atoms with Crippen LogP contribution in [0.15, 0.2) is 18.2 Å². The third-order valence-electron chi connectivity index (χ3n) is 3.60. The number of piperazine rings is 1. The van der Waals surface area contributed by atoms with Crippen molar-refractivity contribution in [3.63, 3.8) is 0 Å². The molecule has 2 rings (SSSR count). The molecule has 1 aromatic rings. The van der Waals surface area contributed by atoms with Crippen LogP contribution in [0.5, 0.6) is 0 Å². The molecular formula is C17H25ClN4O2. The number of nitrogens with zero attached hydrogens (tertiary/aromatic N) is 1. The van der Waals surface area contributed by atoms with Crippen LogP contribution in [0.4, 0.5) is 10.5 Å². The number of benzene rings is 1. The van der Waals surface area contributed by atoms with Crippen LogP contribution in [-0.4, -0.2) is 48.1 Å². The summed E-state index contributed by atoms with van der Waals surface area (Å²) in [6, 6.07) is 4.87. The monoisotopic (exact) mass is 352 g/mol. The van der Waals surface area contributed by atoms with Crippen molar-refractivity contribution < 1.29 is 9.59 Å². The van der Waals surface area contributed by atoms with Gasteiger partial charge in [0.1, 0.15) is 0 Å². The second-order valence-corrected chi connectivity index (χ2v) is 7.54. The first-order valence-electron chi connectivity index (χ1n) is 8.07. The zero-order valence-corrected chi connectivity index (χ0v) is 15.3. The fourth-order valence-electron chi connectivity index (χ4n) is 2.56. The molecule has 3 N–H and O–H groups in total. The summed E-state index contributed by atoms with van der Waals surface area (Å²) in [5, 5.41) is 9.24. The molecule has 1 aromatic carbocycles. The lowest BCUT2D eigenvalue weighted by molar-refractivity contribution is 0.0709. The molecule has 1 atom stereocenters. The van der Waals surface area contributed by atoms with Crippen LogP contribution in [0, 0.1) is 0 Å². The molecule has 132 valence electrons. The predicted molar refractivity (Wildman–Crippen MR) is 96.7 cm³/mol. The van der Waals surface area contributed by atoms with Gasteiger partial charge in [0, 0.05) is 36.9 Å². The number of amides is 3. The van der Waals surface area contributed by atoms with E-state index in [0.717, 1.165) is 6.54 Å². The molecule has 1 saturated heterocycles. The number of carbonyl (C=O) groups excluding carboxylic acids is 2. The van der Waals surface area contributed by atoms with Crippen LogP contribution in [0.1, 0.15) is 38.1 Å². The standard InChI is InChI=1S/C17H25ClN4O2/c1-11-10-22(8-7-19-11)15(23)13-9-12(5-6-14(13)18)20-16(24)21-17(2,3)4/h5-6,9,11,19H,7-8,10H2,1-4H3,(H2,20,21,24). The van der Waals surface area contributed by atoms with E-state index in [4.69, 9.17) is 11.6 Å². The maximum Gasteiger partial charge on any atom is 0.319 e. The summed E-state index contributed by atoms with van der Waals surface area (Å²) in [5.41, 5.74) is 0.596. The second-order valence-electron chi connectivity index (χ2n) is 7.13. The van der Waals surface area contributed by atoms with Crippen LogP contribution in [0.25, 0.3) is 0 Å². The van der Waals surface area contributed by atoms with E-state index in [1.165, 1.54) is 0 Å². The van der Waals surface area contributed by atoms with Gasteiger partial charge in [-0.1, -0.05) is 11.6 Å². The summed E-state index contributed by atoms with van der Waals surface area (Å²) in [6.45, 7) is 9.77. The fourth-order valence-corrected chi connectivity index (χ4v) is 2.76. The zero-order valence-electron chi connectivity index (χ0n) is 14.6. The van der Waals surface area contributed by atoms with Gasteiger partial charge < -0.3 is 20.9 Å². The Labute approximate surface area is 147 Å². The average Bonchev–Trinajstić information content (AvgIpc) is 2.46. The molecule has 0 spiro atoms. The van der Waals surface area contributed by atoms with Crippen molar-refractivity contribution in [2.24, 2.45) is 0 Å². The topological polar surface area (TPSA) is 73.5 Å². The van der Waals surface area contributed by atoms with Gasteiger partial charge in [-0.05, 0) is 45.9 Å². The van der Waals surface area contributed by atoms with Crippen LogP contribution in [-0.2, 0) is 0 Å². The molecule has 6 nitrogen and oxygen atoms in total. The molecule has 1 fully saturated rings. The van der Waals surface area contributed by atoms with Crippen LogP contribution in [0.2, 0.25) is 5.02 Å². The highest BCUT2D eigenvalue weighted by Crippen LogP contribution is 2.23. The average molecular weight is 353 g/mol. The van der Waals surface area contributed by atoms with Crippen molar-refractivity contribution in [2.45, 2.75) is 39.3 Å². The van der Waals surface area contributed by atoms with E-state index in [0.29, 0.717) is 29.4 Å². The maximum atomic E-state index is 12.7. The van der Waals surface area contributed by atoms with Crippen LogP contribution in [0.3, 0.4) is 0 Å². The minimum absolute atomic E-state index is 0.117. The summed E-state index contributed by atoms with van der Waals surface area (Å²) in [7, 11) is 0. The molecule has 0 aliphatic carbocycles. The Morgan fingerprint density at radius 1 is 1.33 bits per heavy atom. The molecule has 0 bridgehead atoms. The van der Waals surface area contributed by atoms with E-state index >= 15 is 0 Å². The van der Waals surface area contributed by atoms with E-state index in [1.54, 1.807) is 23.1 Å². The maximum absolute atomic E-state index is 12.7.